The normalized spacial score (nSPS) is 11.8. The van der Waals surface area contributed by atoms with Gasteiger partial charge in [0.05, 0.1) is 0 Å². The Bertz CT molecular complexity index is 246. The summed E-state index contributed by atoms with van der Waals surface area (Å²) in [6.07, 6.45) is 1.99. The first kappa shape index (κ1) is 12.6. The Balaban J connectivity index is 4.12. The van der Waals surface area contributed by atoms with Gasteiger partial charge in [-0.05, 0) is 33.5 Å². The highest BCUT2D eigenvalue weighted by Crippen LogP contribution is 2.04. The molecule has 0 bridgehead atoms. The molecule has 14 heavy (non-hydrogen) atoms. The molecule has 0 saturated heterocycles. The van der Waals surface area contributed by atoms with Crippen molar-refractivity contribution >= 4 is 11.9 Å². The van der Waals surface area contributed by atoms with Gasteiger partial charge in [-0.1, -0.05) is 0 Å². The monoisotopic (exact) mass is 200 g/mol. The summed E-state index contributed by atoms with van der Waals surface area (Å²) >= 11 is 0. The van der Waals surface area contributed by atoms with Crippen LogP contribution in [-0.2, 0) is 9.59 Å². The van der Waals surface area contributed by atoms with Gasteiger partial charge >= 0.3 is 5.97 Å². The van der Waals surface area contributed by atoms with Crippen molar-refractivity contribution in [3.8, 4) is 0 Å². The minimum Gasteiger partial charge on any atom is -0.478 e. The lowest BCUT2D eigenvalue weighted by molar-refractivity contribution is -0.131. The molecule has 0 aliphatic heterocycles. The van der Waals surface area contributed by atoms with E-state index in [2.05, 4.69) is 0 Å². The average molecular weight is 200 g/mol. The molecule has 0 unspecified atom stereocenters. The Kier molecular flexibility index (Phi) is 5.55. The number of hydrogen-bond acceptors (Lipinski definition) is 3. The molecule has 0 aromatic rings. The average Bonchev–Trinajstić information content (AvgIpc) is 2.00. The van der Waals surface area contributed by atoms with Crippen LogP contribution in [0.15, 0.2) is 11.6 Å². The summed E-state index contributed by atoms with van der Waals surface area (Å²) in [6.45, 7) is 0.796. The zero-order valence-electron chi connectivity index (χ0n) is 8.49. The van der Waals surface area contributed by atoms with Gasteiger partial charge in [0.15, 0.2) is 0 Å². The predicted octanol–water partition coefficient (Wildman–Crippen LogP) is -0.175. The third-order valence-electron chi connectivity index (χ3n) is 1.67. The molecule has 0 atom stereocenters. The summed E-state index contributed by atoms with van der Waals surface area (Å²) in [6, 6.07) is 0. The van der Waals surface area contributed by atoms with E-state index < -0.39 is 11.9 Å². The molecule has 0 aliphatic carbocycles. The molecular weight excluding hydrogens is 184 g/mol. The van der Waals surface area contributed by atoms with E-state index in [0.717, 1.165) is 19.0 Å². The second kappa shape index (κ2) is 6.15. The SMILES string of the molecule is CN(C)CCC/C(=C/C(=O)O)C(N)=O. The van der Waals surface area contributed by atoms with Crippen molar-refractivity contribution < 1.29 is 14.7 Å². The van der Waals surface area contributed by atoms with Crippen molar-refractivity contribution in [1.29, 1.82) is 0 Å². The summed E-state index contributed by atoms with van der Waals surface area (Å²) in [5.74, 6) is -1.80. The number of carbonyl (C=O) groups excluding carboxylic acids is 1. The van der Waals surface area contributed by atoms with Crippen molar-refractivity contribution in [2.24, 2.45) is 5.73 Å². The van der Waals surface area contributed by atoms with E-state index in [9.17, 15) is 9.59 Å². The fraction of sp³-hybridized carbons (Fsp3) is 0.556. The molecule has 0 aromatic carbocycles. The van der Waals surface area contributed by atoms with E-state index in [1.54, 1.807) is 0 Å². The number of carboxylic acid groups (broad SMARTS) is 1. The number of carbonyl (C=O) groups is 2. The quantitative estimate of drug-likeness (QED) is 0.583. The molecule has 3 N–H and O–H groups in total. The molecule has 1 amide bonds. The number of nitrogens with two attached hydrogens (primary N) is 1. The maximum atomic E-state index is 10.8. The Morgan fingerprint density at radius 2 is 2.00 bits per heavy atom. The van der Waals surface area contributed by atoms with Gasteiger partial charge in [-0.25, -0.2) is 4.79 Å². The number of carboxylic acids is 1. The predicted molar refractivity (Wildman–Crippen MR) is 52.7 cm³/mol. The zero-order valence-corrected chi connectivity index (χ0v) is 8.49. The van der Waals surface area contributed by atoms with Crippen LogP contribution in [0.2, 0.25) is 0 Å². The lowest BCUT2D eigenvalue weighted by atomic mass is 10.1. The Morgan fingerprint density at radius 1 is 1.43 bits per heavy atom. The van der Waals surface area contributed by atoms with Crippen molar-refractivity contribution in [3.05, 3.63) is 11.6 Å². The number of rotatable bonds is 6. The van der Waals surface area contributed by atoms with Gasteiger partial charge in [0.2, 0.25) is 5.91 Å². The topological polar surface area (TPSA) is 83.6 Å². The number of nitrogens with zero attached hydrogens (tertiary/aromatic N) is 1. The van der Waals surface area contributed by atoms with E-state index in [-0.39, 0.29) is 5.57 Å². The summed E-state index contributed by atoms with van der Waals surface area (Å²) < 4.78 is 0. The molecular formula is C9H16N2O3. The molecule has 0 aromatic heterocycles. The highest BCUT2D eigenvalue weighted by Gasteiger charge is 2.06. The smallest absolute Gasteiger partial charge is 0.328 e. The standard InChI is InChI=1S/C9H16N2O3/c1-11(2)5-3-4-7(9(10)14)6-8(12)13/h6H,3-5H2,1-2H3,(H2,10,14)(H,12,13)/b7-6-. The second-order valence-electron chi connectivity index (χ2n) is 3.28. The molecule has 5 heteroatoms. The Hall–Kier alpha value is -1.36. The maximum Gasteiger partial charge on any atom is 0.328 e. The van der Waals surface area contributed by atoms with Crippen LogP contribution in [0.1, 0.15) is 12.8 Å². The largest absolute Gasteiger partial charge is 0.478 e. The Morgan fingerprint density at radius 3 is 2.36 bits per heavy atom. The van der Waals surface area contributed by atoms with Crippen molar-refractivity contribution in [2.45, 2.75) is 12.8 Å². The number of aliphatic carboxylic acids is 1. The minimum absolute atomic E-state index is 0.166. The van der Waals surface area contributed by atoms with Crippen LogP contribution in [0.4, 0.5) is 0 Å². The van der Waals surface area contributed by atoms with E-state index in [1.807, 2.05) is 19.0 Å². The molecule has 80 valence electrons. The molecule has 0 aliphatic rings. The number of primary amides is 1. The number of amides is 1. The van der Waals surface area contributed by atoms with Crippen molar-refractivity contribution in [2.75, 3.05) is 20.6 Å². The highest BCUT2D eigenvalue weighted by molar-refractivity contribution is 5.97. The van der Waals surface area contributed by atoms with Crippen LogP contribution < -0.4 is 5.73 Å². The fourth-order valence-corrected chi connectivity index (χ4v) is 1.00. The third-order valence-corrected chi connectivity index (χ3v) is 1.67. The molecule has 0 radical (unpaired) electrons. The van der Waals surface area contributed by atoms with Gasteiger partial charge in [-0.3, -0.25) is 4.79 Å². The minimum atomic E-state index is -1.14. The van der Waals surface area contributed by atoms with Gasteiger partial charge in [-0.15, -0.1) is 0 Å². The molecule has 0 spiro atoms. The van der Waals surface area contributed by atoms with E-state index in [1.165, 1.54) is 0 Å². The first-order valence-corrected chi connectivity index (χ1v) is 4.31. The van der Waals surface area contributed by atoms with Gasteiger partial charge in [0, 0.05) is 11.6 Å². The van der Waals surface area contributed by atoms with Crippen LogP contribution in [0.3, 0.4) is 0 Å². The van der Waals surface area contributed by atoms with Crippen molar-refractivity contribution in [3.63, 3.8) is 0 Å². The summed E-state index contributed by atoms with van der Waals surface area (Å²) in [5.41, 5.74) is 5.18. The first-order chi connectivity index (χ1) is 6.43. The van der Waals surface area contributed by atoms with Gasteiger partial charge < -0.3 is 15.7 Å². The van der Waals surface area contributed by atoms with Crippen LogP contribution in [0.5, 0.6) is 0 Å². The van der Waals surface area contributed by atoms with Crippen molar-refractivity contribution in [1.82, 2.24) is 4.90 Å². The molecule has 0 rings (SSSR count). The lowest BCUT2D eigenvalue weighted by Crippen LogP contribution is -2.18. The summed E-state index contributed by atoms with van der Waals surface area (Å²) in [7, 11) is 3.82. The van der Waals surface area contributed by atoms with Crippen LogP contribution in [0.25, 0.3) is 0 Å². The van der Waals surface area contributed by atoms with Crippen LogP contribution in [-0.4, -0.2) is 42.5 Å². The number of hydrogen-bond donors (Lipinski definition) is 2. The van der Waals surface area contributed by atoms with E-state index >= 15 is 0 Å². The first-order valence-electron chi connectivity index (χ1n) is 4.31. The highest BCUT2D eigenvalue weighted by atomic mass is 16.4. The molecule has 0 fully saturated rings. The maximum absolute atomic E-state index is 10.8. The van der Waals surface area contributed by atoms with E-state index in [4.69, 9.17) is 10.8 Å². The fourth-order valence-electron chi connectivity index (χ4n) is 1.00. The third kappa shape index (κ3) is 6.19. The van der Waals surface area contributed by atoms with Gasteiger partial charge in [0.25, 0.3) is 0 Å². The van der Waals surface area contributed by atoms with Gasteiger partial charge in [-0.2, -0.15) is 0 Å². The summed E-state index contributed by atoms with van der Waals surface area (Å²) in [4.78, 5) is 23.1. The summed E-state index contributed by atoms with van der Waals surface area (Å²) in [5, 5.41) is 8.45. The Labute approximate surface area is 83.2 Å². The molecule has 5 nitrogen and oxygen atoms in total. The van der Waals surface area contributed by atoms with Gasteiger partial charge in [0.1, 0.15) is 0 Å². The van der Waals surface area contributed by atoms with Crippen LogP contribution in [0, 0.1) is 0 Å². The molecule has 0 saturated carbocycles. The van der Waals surface area contributed by atoms with Crippen LogP contribution >= 0.6 is 0 Å². The van der Waals surface area contributed by atoms with E-state index in [0.29, 0.717) is 6.42 Å². The zero-order chi connectivity index (χ0) is 11.1. The second-order valence-corrected chi connectivity index (χ2v) is 3.28. The molecule has 0 heterocycles. The lowest BCUT2D eigenvalue weighted by Gasteiger charge is -2.08.